The van der Waals surface area contributed by atoms with Crippen molar-refractivity contribution in [3.63, 3.8) is 0 Å². The fourth-order valence-electron chi connectivity index (χ4n) is 3.82. The maximum atomic E-state index is 13.0. The number of hydrogen-bond donors (Lipinski definition) is 1. The predicted molar refractivity (Wildman–Crippen MR) is 116 cm³/mol. The van der Waals surface area contributed by atoms with E-state index in [-0.39, 0.29) is 17.7 Å². The van der Waals surface area contributed by atoms with E-state index in [4.69, 9.17) is 15.2 Å². The smallest absolute Gasteiger partial charge is 0.253 e. The van der Waals surface area contributed by atoms with Gasteiger partial charge < -0.3 is 20.1 Å². The summed E-state index contributed by atoms with van der Waals surface area (Å²) in [4.78, 5) is 26.1. The van der Waals surface area contributed by atoms with Gasteiger partial charge in [-0.15, -0.1) is 0 Å². The predicted octanol–water partition coefficient (Wildman–Crippen LogP) is 3.74. The minimum atomic E-state index is -0.285. The molecule has 0 aliphatic carbocycles. The molecular weight excluding hydrogens is 380 g/mol. The number of carbonyl (C=O) groups is 2. The van der Waals surface area contributed by atoms with Gasteiger partial charge in [0.15, 0.2) is 0 Å². The number of hydrogen-bond acceptors (Lipinski definition) is 4. The molecule has 0 spiro atoms. The second-order valence-electron chi connectivity index (χ2n) is 7.98. The van der Waals surface area contributed by atoms with Gasteiger partial charge in [0.2, 0.25) is 5.91 Å². The van der Waals surface area contributed by atoms with Gasteiger partial charge in [0.1, 0.15) is 18.1 Å². The number of ether oxygens (including phenoxy) is 2. The van der Waals surface area contributed by atoms with Crippen LogP contribution in [-0.4, -0.2) is 36.9 Å². The molecule has 6 heteroatoms. The van der Waals surface area contributed by atoms with Crippen LogP contribution in [0.15, 0.2) is 42.5 Å². The molecular formula is C24H30N2O4. The highest BCUT2D eigenvalue weighted by Crippen LogP contribution is 2.29. The molecule has 0 unspecified atom stereocenters. The van der Waals surface area contributed by atoms with E-state index < -0.39 is 0 Å². The number of nitrogens with zero attached hydrogens (tertiary/aromatic N) is 1. The Kier molecular flexibility index (Phi) is 6.98. The van der Waals surface area contributed by atoms with E-state index in [1.807, 2.05) is 24.3 Å². The first-order chi connectivity index (χ1) is 14.4. The fourth-order valence-corrected chi connectivity index (χ4v) is 3.82. The maximum Gasteiger partial charge on any atom is 0.253 e. The van der Waals surface area contributed by atoms with Crippen molar-refractivity contribution in [3.8, 4) is 11.5 Å². The molecule has 2 aromatic rings. The molecule has 0 radical (unpaired) electrons. The molecule has 1 heterocycles. The summed E-state index contributed by atoms with van der Waals surface area (Å²) in [5, 5.41) is 0. The third kappa shape index (κ3) is 4.93. The molecule has 3 rings (SSSR count). The second-order valence-corrected chi connectivity index (χ2v) is 7.98. The molecule has 2 N–H and O–H groups in total. The Hall–Kier alpha value is -3.02. The Labute approximate surface area is 178 Å². The van der Waals surface area contributed by atoms with Gasteiger partial charge in [-0.2, -0.15) is 0 Å². The molecule has 0 bridgehead atoms. The molecule has 0 atom stereocenters. The third-order valence-corrected chi connectivity index (χ3v) is 5.64. The molecule has 0 saturated carbocycles. The Morgan fingerprint density at radius 2 is 1.80 bits per heavy atom. The zero-order valence-electron chi connectivity index (χ0n) is 17.9. The van der Waals surface area contributed by atoms with E-state index in [0.29, 0.717) is 49.8 Å². The molecule has 2 aromatic carbocycles. The minimum Gasteiger partial charge on any atom is -0.496 e. The van der Waals surface area contributed by atoms with E-state index in [2.05, 4.69) is 19.9 Å². The lowest BCUT2D eigenvalue weighted by molar-refractivity contribution is -0.123. The lowest BCUT2D eigenvalue weighted by Crippen LogP contribution is -2.41. The number of para-hydroxylation sites is 1. The van der Waals surface area contributed by atoms with Crippen molar-refractivity contribution in [1.29, 1.82) is 0 Å². The first kappa shape index (κ1) is 21.7. The largest absolute Gasteiger partial charge is 0.496 e. The van der Waals surface area contributed by atoms with Crippen molar-refractivity contribution in [2.24, 2.45) is 11.7 Å². The molecule has 1 aliphatic rings. The Morgan fingerprint density at radius 3 is 2.43 bits per heavy atom. The highest BCUT2D eigenvalue weighted by atomic mass is 16.5. The number of benzene rings is 2. The molecule has 0 aromatic heterocycles. The topological polar surface area (TPSA) is 81.9 Å². The number of nitrogens with two attached hydrogens (primary N) is 1. The van der Waals surface area contributed by atoms with Gasteiger partial charge in [-0.05, 0) is 48.6 Å². The van der Waals surface area contributed by atoms with E-state index in [0.717, 1.165) is 16.9 Å². The van der Waals surface area contributed by atoms with Crippen LogP contribution in [0.1, 0.15) is 54.1 Å². The van der Waals surface area contributed by atoms with Gasteiger partial charge in [0, 0.05) is 30.1 Å². The molecule has 160 valence electrons. The van der Waals surface area contributed by atoms with Crippen LogP contribution in [0.5, 0.6) is 11.5 Å². The van der Waals surface area contributed by atoms with Crippen LogP contribution in [0.25, 0.3) is 0 Å². The van der Waals surface area contributed by atoms with Gasteiger partial charge in [-0.3, -0.25) is 9.59 Å². The van der Waals surface area contributed by atoms with Crippen molar-refractivity contribution < 1.29 is 19.1 Å². The van der Waals surface area contributed by atoms with Crippen LogP contribution in [-0.2, 0) is 11.4 Å². The first-order valence-electron chi connectivity index (χ1n) is 10.4. The van der Waals surface area contributed by atoms with Crippen molar-refractivity contribution in [1.82, 2.24) is 4.90 Å². The Morgan fingerprint density at radius 1 is 1.10 bits per heavy atom. The number of amides is 2. The summed E-state index contributed by atoms with van der Waals surface area (Å²) in [5.74, 6) is 1.38. The summed E-state index contributed by atoms with van der Waals surface area (Å²) in [6.45, 7) is 5.63. The summed E-state index contributed by atoms with van der Waals surface area (Å²) < 4.78 is 11.6. The summed E-state index contributed by atoms with van der Waals surface area (Å²) in [6, 6.07) is 13.4. The minimum absolute atomic E-state index is 0.0515. The number of methoxy groups -OCH3 is 1. The fraction of sp³-hybridized carbons (Fsp3) is 0.417. The average Bonchev–Trinajstić information content (AvgIpc) is 2.77. The van der Waals surface area contributed by atoms with Gasteiger partial charge in [-0.25, -0.2) is 0 Å². The standard InChI is InChI=1S/C24H30N2O4/c1-16(2)20-6-4-5-7-22(20)30-15-19-14-18(8-9-21(19)29-3)24(28)26-12-10-17(11-13-26)23(25)27/h4-9,14,16-17H,10-13,15H2,1-3H3,(H2,25,27). The van der Waals surface area contributed by atoms with Crippen LogP contribution in [0.4, 0.5) is 0 Å². The Balaban J connectivity index is 1.74. The zero-order chi connectivity index (χ0) is 21.7. The molecule has 1 saturated heterocycles. The lowest BCUT2D eigenvalue weighted by Gasteiger charge is -2.30. The van der Waals surface area contributed by atoms with Crippen LogP contribution in [0.3, 0.4) is 0 Å². The van der Waals surface area contributed by atoms with Crippen molar-refractivity contribution in [2.75, 3.05) is 20.2 Å². The monoisotopic (exact) mass is 410 g/mol. The highest BCUT2D eigenvalue weighted by Gasteiger charge is 2.26. The SMILES string of the molecule is COc1ccc(C(=O)N2CCC(C(N)=O)CC2)cc1COc1ccccc1C(C)C. The molecule has 1 fully saturated rings. The lowest BCUT2D eigenvalue weighted by atomic mass is 9.95. The van der Waals surface area contributed by atoms with Gasteiger partial charge in [0.25, 0.3) is 5.91 Å². The second kappa shape index (κ2) is 9.65. The first-order valence-corrected chi connectivity index (χ1v) is 10.4. The van der Waals surface area contributed by atoms with Crippen LogP contribution >= 0.6 is 0 Å². The number of primary amides is 1. The summed E-state index contributed by atoms with van der Waals surface area (Å²) in [6.07, 6.45) is 1.22. The summed E-state index contributed by atoms with van der Waals surface area (Å²) >= 11 is 0. The molecule has 6 nitrogen and oxygen atoms in total. The quantitative estimate of drug-likeness (QED) is 0.754. The number of rotatable bonds is 7. The van der Waals surface area contributed by atoms with Crippen LogP contribution in [0, 0.1) is 5.92 Å². The van der Waals surface area contributed by atoms with E-state index >= 15 is 0 Å². The normalized spacial score (nSPS) is 14.6. The van der Waals surface area contributed by atoms with Crippen LogP contribution in [0.2, 0.25) is 0 Å². The highest BCUT2D eigenvalue weighted by molar-refractivity contribution is 5.94. The van der Waals surface area contributed by atoms with E-state index in [9.17, 15) is 9.59 Å². The van der Waals surface area contributed by atoms with Gasteiger partial charge in [0.05, 0.1) is 7.11 Å². The van der Waals surface area contributed by atoms with Crippen molar-refractivity contribution in [3.05, 3.63) is 59.2 Å². The van der Waals surface area contributed by atoms with Crippen molar-refractivity contribution in [2.45, 2.75) is 39.2 Å². The van der Waals surface area contributed by atoms with Gasteiger partial charge >= 0.3 is 0 Å². The van der Waals surface area contributed by atoms with Gasteiger partial charge in [-0.1, -0.05) is 32.0 Å². The molecule has 2 amide bonds. The number of piperidine rings is 1. The summed E-state index contributed by atoms with van der Waals surface area (Å²) in [7, 11) is 1.61. The zero-order valence-corrected chi connectivity index (χ0v) is 17.9. The summed E-state index contributed by atoms with van der Waals surface area (Å²) in [5.41, 5.74) is 7.93. The third-order valence-electron chi connectivity index (χ3n) is 5.64. The van der Waals surface area contributed by atoms with Crippen molar-refractivity contribution >= 4 is 11.8 Å². The molecule has 30 heavy (non-hydrogen) atoms. The Bertz CT molecular complexity index is 902. The number of carbonyl (C=O) groups excluding carboxylic acids is 2. The van der Waals surface area contributed by atoms with E-state index in [1.165, 1.54) is 0 Å². The van der Waals surface area contributed by atoms with Crippen LogP contribution < -0.4 is 15.2 Å². The molecule has 1 aliphatic heterocycles. The maximum absolute atomic E-state index is 13.0. The van der Waals surface area contributed by atoms with E-state index in [1.54, 1.807) is 24.1 Å². The number of likely N-dealkylation sites (tertiary alicyclic amines) is 1. The average molecular weight is 411 g/mol.